The van der Waals surface area contributed by atoms with Gasteiger partial charge in [-0.2, -0.15) is 14.3 Å². The van der Waals surface area contributed by atoms with Crippen LogP contribution in [-0.2, 0) is 4.79 Å². The maximum Gasteiger partial charge on any atom is 0.226 e. The number of hydrogen-bond donors (Lipinski definition) is 2. The molecule has 164 valence electrons. The summed E-state index contributed by atoms with van der Waals surface area (Å²) in [6.07, 6.45) is 0.216. The van der Waals surface area contributed by atoms with E-state index in [1.165, 1.54) is 14.2 Å². The summed E-state index contributed by atoms with van der Waals surface area (Å²) in [6.45, 7) is 3.70. The second-order valence-electron chi connectivity index (χ2n) is 7.55. The molecule has 1 aromatic carbocycles. The van der Waals surface area contributed by atoms with E-state index in [2.05, 4.69) is 25.7 Å². The van der Waals surface area contributed by atoms with E-state index in [0.717, 1.165) is 16.8 Å². The first kappa shape index (κ1) is 19.8. The Bertz CT molecular complexity index is 1350. The number of nitrogens with zero attached hydrogens (tertiary/aromatic N) is 6. The van der Waals surface area contributed by atoms with Crippen LogP contribution in [0.3, 0.4) is 0 Å². The van der Waals surface area contributed by atoms with E-state index >= 15 is 0 Å². The molecule has 1 atom stereocenters. The molecular formula is C21H21N7O4. The number of hydrogen-bond acceptors (Lipinski definition) is 8. The summed E-state index contributed by atoms with van der Waals surface area (Å²) < 4.78 is 13.8. The number of aryl methyl sites for hydroxylation is 2. The third kappa shape index (κ3) is 2.93. The molecular weight excluding hydrogens is 414 g/mol. The van der Waals surface area contributed by atoms with Gasteiger partial charge in [0.1, 0.15) is 5.82 Å². The number of phenolic OH excluding ortho intramolecular Hbond substituents is 1. The summed E-state index contributed by atoms with van der Waals surface area (Å²) in [4.78, 5) is 12.7. The number of phenols is 1. The molecule has 0 unspecified atom stereocenters. The number of benzene rings is 1. The molecule has 0 fully saturated rings. The number of aromatic nitrogens is 6. The SMILES string of the molecule is COc1cc([C@H]2CC(=O)Nc3c2c(C)nn3-c2ccc3nnc(C)n3n2)cc(OC)c1O. The van der Waals surface area contributed by atoms with E-state index in [0.29, 0.717) is 23.1 Å². The Hall–Kier alpha value is -4.15. The molecule has 3 aromatic heterocycles. The monoisotopic (exact) mass is 435 g/mol. The predicted molar refractivity (Wildman–Crippen MR) is 114 cm³/mol. The van der Waals surface area contributed by atoms with Gasteiger partial charge < -0.3 is 19.9 Å². The Morgan fingerprint density at radius 2 is 1.81 bits per heavy atom. The minimum absolute atomic E-state index is 0.0894. The van der Waals surface area contributed by atoms with Crippen molar-refractivity contribution in [3.63, 3.8) is 0 Å². The number of aromatic hydroxyl groups is 1. The quantitative estimate of drug-likeness (QED) is 0.499. The van der Waals surface area contributed by atoms with Crippen molar-refractivity contribution < 1.29 is 19.4 Å². The van der Waals surface area contributed by atoms with Crippen LogP contribution < -0.4 is 14.8 Å². The number of carbonyl (C=O) groups excluding carboxylic acids is 1. The molecule has 0 spiro atoms. The van der Waals surface area contributed by atoms with Crippen LogP contribution in [0, 0.1) is 13.8 Å². The van der Waals surface area contributed by atoms with Gasteiger partial charge in [0.2, 0.25) is 11.7 Å². The molecule has 1 amide bonds. The number of methoxy groups -OCH3 is 2. The van der Waals surface area contributed by atoms with Gasteiger partial charge in [0.15, 0.2) is 28.8 Å². The molecule has 11 heteroatoms. The molecule has 5 rings (SSSR count). The fourth-order valence-electron chi connectivity index (χ4n) is 4.11. The number of nitrogens with one attached hydrogen (secondary N) is 1. The lowest BCUT2D eigenvalue weighted by Crippen LogP contribution is -2.25. The predicted octanol–water partition coefficient (Wildman–Crippen LogP) is 2.12. The standard InChI is InChI=1S/C21H21N7O4/c1-10-19-13(12-7-14(31-3)20(30)15(8-12)32-4)9-18(29)22-21(19)28(25-10)17-6-5-16-24-23-11(2)27(16)26-17/h5-8,13,30H,9H2,1-4H3,(H,22,29)/t13-/m1/s1. The lowest BCUT2D eigenvalue weighted by Gasteiger charge is -2.25. The molecule has 1 aliphatic rings. The molecule has 0 saturated carbocycles. The molecule has 0 radical (unpaired) electrons. The smallest absolute Gasteiger partial charge is 0.226 e. The van der Waals surface area contributed by atoms with Crippen molar-refractivity contribution in [1.82, 2.24) is 29.6 Å². The van der Waals surface area contributed by atoms with Crippen LogP contribution in [-0.4, -0.2) is 54.8 Å². The largest absolute Gasteiger partial charge is 0.502 e. The molecule has 11 nitrogen and oxygen atoms in total. The van der Waals surface area contributed by atoms with E-state index in [1.54, 1.807) is 33.5 Å². The number of ether oxygens (including phenoxy) is 2. The summed E-state index contributed by atoms with van der Waals surface area (Å²) in [5.41, 5.74) is 3.00. The molecule has 4 aromatic rings. The van der Waals surface area contributed by atoms with E-state index in [-0.39, 0.29) is 35.5 Å². The van der Waals surface area contributed by atoms with Crippen LogP contribution in [0.2, 0.25) is 0 Å². The number of amides is 1. The average molecular weight is 435 g/mol. The molecule has 32 heavy (non-hydrogen) atoms. The van der Waals surface area contributed by atoms with Crippen molar-refractivity contribution in [2.24, 2.45) is 0 Å². The molecule has 1 aliphatic heterocycles. The third-order valence-electron chi connectivity index (χ3n) is 5.63. The van der Waals surface area contributed by atoms with Gasteiger partial charge in [0.25, 0.3) is 0 Å². The highest BCUT2D eigenvalue weighted by Gasteiger charge is 2.34. The summed E-state index contributed by atoms with van der Waals surface area (Å²) in [7, 11) is 2.94. The van der Waals surface area contributed by atoms with Gasteiger partial charge in [-0.3, -0.25) is 4.79 Å². The van der Waals surface area contributed by atoms with Crippen LogP contribution in [0.25, 0.3) is 11.5 Å². The van der Waals surface area contributed by atoms with Gasteiger partial charge in [-0.15, -0.1) is 15.3 Å². The summed E-state index contributed by atoms with van der Waals surface area (Å²) >= 11 is 0. The van der Waals surface area contributed by atoms with Gasteiger partial charge in [-0.1, -0.05) is 0 Å². The van der Waals surface area contributed by atoms with Gasteiger partial charge in [-0.25, -0.2) is 0 Å². The average Bonchev–Trinajstić information content (AvgIpc) is 3.32. The summed E-state index contributed by atoms with van der Waals surface area (Å²) in [5.74, 6) is 1.70. The highest BCUT2D eigenvalue weighted by Crippen LogP contribution is 2.45. The topological polar surface area (TPSA) is 129 Å². The first-order valence-electron chi connectivity index (χ1n) is 9.95. The maximum absolute atomic E-state index is 12.7. The zero-order valence-electron chi connectivity index (χ0n) is 17.9. The van der Waals surface area contributed by atoms with Gasteiger partial charge in [0, 0.05) is 17.9 Å². The van der Waals surface area contributed by atoms with Gasteiger partial charge >= 0.3 is 0 Å². The number of anilines is 1. The van der Waals surface area contributed by atoms with Crippen LogP contribution >= 0.6 is 0 Å². The Balaban J connectivity index is 1.68. The van der Waals surface area contributed by atoms with E-state index in [1.807, 2.05) is 13.8 Å². The van der Waals surface area contributed by atoms with Crippen molar-refractivity contribution >= 4 is 17.4 Å². The van der Waals surface area contributed by atoms with E-state index in [4.69, 9.17) is 9.47 Å². The Labute approximate surface area is 182 Å². The van der Waals surface area contributed by atoms with E-state index in [9.17, 15) is 9.90 Å². The number of fused-ring (bicyclic) bond motifs is 2. The minimum Gasteiger partial charge on any atom is -0.502 e. The lowest BCUT2D eigenvalue weighted by atomic mass is 9.85. The molecule has 0 aliphatic carbocycles. The summed E-state index contributed by atoms with van der Waals surface area (Å²) in [5, 5.41) is 30.6. The highest BCUT2D eigenvalue weighted by molar-refractivity contribution is 5.95. The van der Waals surface area contributed by atoms with Crippen molar-refractivity contribution in [3.8, 4) is 23.1 Å². The lowest BCUT2D eigenvalue weighted by molar-refractivity contribution is -0.116. The third-order valence-corrected chi connectivity index (χ3v) is 5.63. The molecule has 2 N–H and O–H groups in total. The Morgan fingerprint density at radius 1 is 1.09 bits per heavy atom. The first-order chi connectivity index (χ1) is 15.4. The molecule has 0 bridgehead atoms. The van der Waals surface area contributed by atoms with Gasteiger partial charge in [-0.05, 0) is 43.7 Å². The zero-order chi connectivity index (χ0) is 22.6. The fourth-order valence-corrected chi connectivity index (χ4v) is 4.11. The second kappa shape index (κ2) is 7.22. The Morgan fingerprint density at radius 3 is 2.50 bits per heavy atom. The van der Waals surface area contributed by atoms with Crippen LogP contribution in [0.15, 0.2) is 24.3 Å². The van der Waals surface area contributed by atoms with Crippen molar-refractivity contribution in [2.45, 2.75) is 26.2 Å². The maximum atomic E-state index is 12.7. The van der Waals surface area contributed by atoms with Crippen LogP contribution in [0.1, 0.15) is 35.0 Å². The zero-order valence-corrected chi connectivity index (χ0v) is 17.9. The van der Waals surface area contributed by atoms with Crippen LogP contribution in [0.4, 0.5) is 5.82 Å². The normalized spacial score (nSPS) is 15.5. The first-order valence-corrected chi connectivity index (χ1v) is 9.95. The molecule has 0 saturated heterocycles. The fraction of sp³-hybridized carbons (Fsp3) is 0.286. The van der Waals surface area contributed by atoms with Gasteiger partial charge in [0.05, 0.1) is 19.9 Å². The highest BCUT2D eigenvalue weighted by atomic mass is 16.5. The molecule has 4 heterocycles. The van der Waals surface area contributed by atoms with Crippen LogP contribution in [0.5, 0.6) is 17.2 Å². The minimum atomic E-state index is -0.309. The Kier molecular flexibility index (Phi) is 4.47. The summed E-state index contributed by atoms with van der Waals surface area (Å²) in [6, 6.07) is 7.00. The van der Waals surface area contributed by atoms with E-state index < -0.39 is 0 Å². The number of carbonyl (C=O) groups is 1. The van der Waals surface area contributed by atoms with Crippen molar-refractivity contribution in [1.29, 1.82) is 0 Å². The second-order valence-corrected chi connectivity index (χ2v) is 7.55. The van der Waals surface area contributed by atoms with Crippen molar-refractivity contribution in [3.05, 3.63) is 46.9 Å². The van der Waals surface area contributed by atoms with Crippen molar-refractivity contribution in [2.75, 3.05) is 19.5 Å². The number of rotatable bonds is 4.